The van der Waals surface area contributed by atoms with Crippen molar-refractivity contribution in [1.82, 2.24) is 0 Å². The summed E-state index contributed by atoms with van der Waals surface area (Å²) >= 11 is 0. The number of rotatable bonds is 4. The van der Waals surface area contributed by atoms with Gasteiger partial charge in [-0.3, -0.25) is 4.90 Å². The monoisotopic (exact) mass is 912 g/mol. The number of terminal acetylenes is 2. The van der Waals surface area contributed by atoms with Crippen LogP contribution in [0.4, 0.5) is 11.4 Å². The summed E-state index contributed by atoms with van der Waals surface area (Å²) in [6.45, 7) is 9.07. The first-order valence-corrected chi connectivity index (χ1v) is 21.2. The number of para-hydroxylation sites is 1. The molecule has 2 aliphatic rings. The van der Waals surface area contributed by atoms with Crippen molar-refractivity contribution in [3.05, 3.63) is 95.2 Å². The molecule has 4 rings (SSSR count). The van der Waals surface area contributed by atoms with Gasteiger partial charge in [-0.15, -0.1) is 17.4 Å². The Labute approximate surface area is 432 Å². The molecule has 0 aliphatic carbocycles. The fourth-order valence-corrected chi connectivity index (χ4v) is 6.16. The number of hydrogen-bond acceptors (Lipinski definition) is 2. The van der Waals surface area contributed by atoms with E-state index >= 15 is 0 Å². The third kappa shape index (κ3) is 17.6. The van der Waals surface area contributed by atoms with E-state index in [1.54, 1.807) is 0 Å². The Morgan fingerprint density at radius 2 is 0.877 bits per heavy atom. The molecule has 0 atom stereocenters. The molecule has 0 radical (unpaired) electrons. The standard InChI is InChI=1S/C70H30N3/c1-7-9-11-13-15-17-19-21-23-25-27-29-31-33-35-37-39-41-43-50-58-72-65-53-49-48-52-63(65)69(3,4)67(72)54-46-45-47-55-68-70(5,6)64-60-62(61-71)56-57-66(64)73(68)59-51-44-42-40-38-36-34-32-30-28-26-24-22-20-18-16-14-12-10-8-2/h1-2,45-49,52-57,60H,61,71H2,3-6H3/q+1. The molecule has 0 saturated carbocycles. The number of hydrogen-bond donors (Lipinski definition) is 1. The average Bonchev–Trinajstić information content (AvgIpc) is 3.74. The van der Waals surface area contributed by atoms with Crippen LogP contribution in [0.2, 0.25) is 0 Å². The number of fused-ring (bicyclic) bond motifs is 2. The fourth-order valence-electron chi connectivity index (χ4n) is 6.16. The average molecular weight is 913 g/mol. The van der Waals surface area contributed by atoms with Crippen LogP contribution in [0.25, 0.3) is 0 Å². The third-order valence-electron chi connectivity index (χ3n) is 9.25. The van der Waals surface area contributed by atoms with E-state index < -0.39 is 5.41 Å². The van der Waals surface area contributed by atoms with Crippen molar-refractivity contribution in [2.24, 2.45) is 5.73 Å². The van der Waals surface area contributed by atoms with Crippen LogP contribution in [0.5, 0.6) is 0 Å². The molecule has 3 heteroatoms. The first-order chi connectivity index (χ1) is 35.8. The van der Waals surface area contributed by atoms with Gasteiger partial charge in [-0.1, -0.05) is 62.4 Å². The van der Waals surface area contributed by atoms with Gasteiger partial charge < -0.3 is 5.73 Å². The minimum atomic E-state index is -0.395. The third-order valence-corrected chi connectivity index (χ3v) is 9.25. The second-order valence-electron chi connectivity index (χ2n) is 14.4. The van der Waals surface area contributed by atoms with Crippen LogP contribution in [0.3, 0.4) is 0 Å². The highest BCUT2D eigenvalue weighted by molar-refractivity contribution is 6.03. The van der Waals surface area contributed by atoms with Gasteiger partial charge in [-0.2, -0.15) is 0 Å². The Hall–Kier alpha value is -12.6. The quantitative estimate of drug-likeness (QED) is 0.248. The lowest BCUT2D eigenvalue weighted by atomic mass is 9.81. The number of anilines is 1. The predicted molar refractivity (Wildman–Crippen MR) is 294 cm³/mol. The first-order valence-electron chi connectivity index (χ1n) is 21.2. The van der Waals surface area contributed by atoms with Crippen molar-refractivity contribution < 1.29 is 4.58 Å². The van der Waals surface area contributed by atoms with E-state index in [-0.39, 0.29) is 5.41 Å². The van der Waals surface area contributed by atoms with Gasteiger partial charge in [0.15, 0.2) is 0 Å². The molecule has 2 aromatic carbocycles. The molecule has 0 bridgehead atoms. The molecule has 324 valence electrons. The number of benzene rings is 2. The number of nitrogens with two attached hydrogens (primary N) is 1. The molecule has 0 saturated heterocycles. The van der Waals surface area contributed by atoms with Crippen LogP contribution in [0.1, 0.15) is 44.4 Å². The number of nitrogens with zero attached hydrogens (tertiary/aromatic N) is 2. The molecule has 2 heterocycles. The normalized spacial score (nSPS) is 10.9. The van der Waals surface area contributed by atoms with Crippen LogP contribution in [-0.2, 0) is 17.4 Å². The zero-order chi connectivity index (χ0) is 52.1. The lowest BCUT2D eigenvalue weighted by Crippen LogP contribution is -2.26. The maximum Gasteiger partial charge on any atom is 0.243 e. The second-order valence-corrected chi connectivity index (χ2v) is 14.4. The maximum atomic E-state index is 6.04. The van der Waals surface area contributed by atoms with E-state index in [0.29, 0.717) is 6.54 Å². The van der Waals surface area contributed by atoms with Crippen molar-refractivity contribution in [1.29, 1.82) is 0 Å². The molecule has 2 aromatic rings. The molecule has 2 aliphatic heterocycles. The van der Waals surface area contributed by atoms with Crippen LogP contribution < -0.4 is 10.6 Å². The van der Waals surface area contributed by atoms with Crippen LogP contribution in [-0.4, -0.2) is 10.3 Å². The van der Waals surface area contributed by atoms with Crippen LogP contribution >= 0.6 is 0 Å². The first kappa shape index (κ1) is 53.0. The number of allylic oxidation sites excluding steroid dienone is 6. The summed E-state index contributed by atoms with van der Waals surface area (Å²) in [4.78, 5) is 1.95. The largest absolute Gasteiger partial charge is 0.326 e. The van der Waals surface area contributed by atoms with Gasteiger partial charge in [0.2, 0.25) is 17.4 Å². The molecule has 0 fully saturated rings. The van der Waals surface area contributed by atoms with Gasteiger partial charge in [-0.05, 0) is 132 Å². The van der Waals surface area contributed by atoms with Gasteiger partial charge in [0, 0.05) is 178 Å². The van der Waals surface area contributed by atoms with Crippen LogP contribution in [0, 0.1) is 262 Å². The molecule has 0 unspecified atom stereocenters. The lowest BCUT2D eigenvalue weighted by Gasteiger charge is -2.22. The predicted octanol–water partition coefficient (Wildman–Crippen LogP) is 5.57. The Kier molecular flexibility index (Phi) is 22.2. The summed E-state index contributed by atoms with van der Waals surface area (Å²) in [5.41, 5.74) is 12.5. The van der Waals surface area contributed by atoms with E-state index in [0.717, 1.165) is 39.5 Å². The minimum absolute atomic E-state index is 0.343. The zero-order valence-electron chi connectivity index (χ0n) is 39.8. The summed E-state index contributed by atoms with van der Waals surface area (Å²) in [5, 5.41) is 0. The molecule has 0 aromatic heterocycles. The molecule has 2 N–H and O–H groups in total. The van der Waals surface area contributed by atoms with E-state index in [2.05, 4.69) is 301 Å². The van der Waals surface area contributed by atoms with Crippen molar-refractivity contribution in [2.45, 2.75) is 45.1 Å². The highest BCUT2D eigenvalue weighted by atomic mass is 15.2. The van der Waals surface area contributed by atoms with Crippen molar-refractivity contribution in [3.63, 3.8) is 0 Å². The van der Waals surface area contributed by atoms with Gasteiger partial charge in [0.05, 0.1) is 17.0 Å². The Morgan fingerprint density at radius 3 is 1.32 bits per heavy atom. The van der Waals surface area contributed by atoms with Gasteiger partial charge >= 0.3 is 0 Å². The molecule has 0 spiro atoms. The fraction of sp³-hybridized carbons (Fsp3) is 0.100. The highest BCUT2D eigenvalue weighted by Crippen LogP contribution is 2.47. The van der Waals surface area contributed by atoms with E-state index in [1.165, 1.54) is 0 Å². The van der Waals surface area contributed by atoms with E-state index in [9.17, 15) is 0 Å². The smallest absolute Gasteiger partial charge is 0.243 e. The summed E-state index contributed by atoms with van der Waals surface area (Å²) in [6.07, 6.45) is 20.1. The molecular formula is C70H30N3+. The van der Waals surface area contributed by atoms with Gasteiger partial charge in [-0.25, -0.2) is 0 Å². The molecule has 0 amide bonds. The Morgan fingerprint density at radius 1 is 0.466 bits per heavy atom. The highest BCUT2D eigenvalue weighted by Gasteiger charge is 2.44. The minimum Gasteiger partial charge on any atom is -0.326 e. The summed E-state index contributed by atoms with van der Waals surface area (Å²) in [7, 11) is 0. The molecule has 73 heavy (non-hydrogen) atoms. The van der Waals surface area contributed by atoms with Crippen molar-refractivity contribution in [2.75, 3.05) is 4.90 Å². The van der Waals surface area contributed by atoms with Crippen molar-refractivity contribution >= 4 is 17.1 Å². The summed E-state index contributed by atoms with van der Waals surface area (Å²) < 4.78 is 1.96. The van der Waals surface area contributed by atoms with E-state index in [4.69, 9.17) is 18.6 Å². The van der Waals surface area contributed by atoms with Gasteiger partial charge in [0.1, 0.15) is 0 Å². The van der Waals surface area contributed by atoms with E-state index in [1.807, 2.05) is 58.0 Å². The molecule has 3 nitrogen and oxygen atoms in total. The lowest BCUT2D eigenvalue weighted by molar-refractivity contribution is -0.332. The van der Waals surface area contributed by atoms with Gasteiger partial charge in [0.25, 0.3) is 0 Å². The SMILES string of the molecule is C#CC#CC#CC#CC#CC#CC#CC#CC#CC#CC#CN1/C(=C/C=C/C=C/C2=[N+](C#CC#CC#CC#CC#CC#CC#CC#CC#CC#CC#C)c3ccccc3C2(C)C)C(C)(C)c2cc(CN)ccc21. The second kappa shape index (κ2) is 30.6. The maximum absolute atomic E-state index is 6.04. The Balaban J connectivity index is 1.49. The topological polar surface area (TPSA) is 32.3 Å². The summed E-state index contributed by atoms with van der Waals surface area (Å²) in [6, 6.07) is 20.8. The zero-order valence-corrected chi connectivity index (χ0v) is 39.8. The van der Waals surface area contributed by atoms with Crippen molar-refractivity contribution in [3.8, 4) is 262 Å². The van der Waals surface area contributed by atoms with Crippen LogP contribution in [0.15, 0.2) is 78.5 Å². The molecular weight excluding hydrogens is 883 g/mol. The Bertz CT molecular complexity index is 4270. The summed E-state index contributed by atoms with van der Waals surface area (Å²) in [5.74, 6) is 102.